The number of carbonyl (C=O) groups is 3. The molecule has 0 aromatic heterocycles. The van der Waals surface area contributed by atoms with E-state index in [0.717, 1.165) is 116 Å². The van der Waals surface area contributed by atoms with Crippen molar-refractivity contribution in [1.82, 2.24) is 0 Å². The highest BCUT2D eigenvalue weighted by Crippen LogP contribution is 2.45. The van der Waals surface area contributed by atoms with Crippen molar-refractivity contribution >= 4 is 17.9 Å². The van der Waals surface area contributed by atoms with Gasteiger partial charge in [-0.15, -0.1) is 0 Å². The Labute approximate surface area is 219 Å². The van der Waals surface area contributed by atoms with Gasteiger partial charge in [-0.1, -0.05) is 84.0 Å². The van der Waals surface area contributed by atoms with E-state index in [1.807, 2.05) is 6.92 Å². The van der Waals surface area contributed by atoms with Gasteiger partial charge in [0.1, 0.15) is 0 Å². The molecule has 0 saturated heterocycles. The molecule has 0 aliphatic heterocycles. The minimum Gasteiger partial charge on any atom is -0.481 e. The standard InChI is InChI=1S/C29H54O7/c1-24(25(2)30)29(21-15-9-3-6-12-18-26(31)32,22-16-10-4-7-13-19-27(33)34)23-17-11-5-8-14-20-28(35)36/h24-25,30H,3-23H2,1-2H3,(H,31,32)(H,33,34)(H,35,36). The molecule has 0 radical (unpaired) electrons. The third-order valence-corrected chi connectivity index (χ3v) is 7.89. The maximum absolute atomic E-state index is 10.7. The van der Waals surface area contributed by atoms with E-state index in [1.54, 1.807) is 0 Å². The molecule has 212 valence electrons. The van der Waals surface area contributed by atoms with Gasteiger partial charge in [0, 0.05) is 19.3 Å². The summed E-state index contributed by atoms with van der Waals surface area (Å²) in [5.74, 6) is -2.01. The number of hydrogen-bond acceptors (Lipinski definition) is 4. The van der Waals surface area contributed by atoms with Gasteiger partial charge in [0.2, 0.25) is 0 Å². The monoisotopic (exact) mass is 514 g/mol. The second-order valence-electron chi connectivity index (χ2n) is 10.9. The first kappa shape index (κ1) is 34.4. The summed E-state index contributed by atoms with van der Waals surface area (Å²) in [6.45, 7) is 4.07. The van der Waals surface area contributed by atoms with Crippen molar-refractivity contribution in [2.24, 2.45) is 11.3 Å². The number of aliphatic hydroxyl groups excluding tert-OH is 1. The summed E-state index contributed by atoms with van der Waals surface area (Å²) in [5, 5.41) is 37.0. The lowest BCUT2D eigenvalue weighted by atomic mass is 9.64. The Kier molecular flexibility index (Phi) is 20.5. The van der Waals surface area contributed by atoms with Gasteiger partial charge in [-0.05, 0) is 56.8 Å². The summed E-state index contributed by atoms with van der Waals surface area (Å²) in [6.07, 6.45) is 18.2. The van der Waals surface area contributed by atoms with E-state index >= 15 is 0 Å². The van der Waals surface area contributed by atoms with E-state index < -0.39 is 17.9 Å². The van der Waals surface area contributed by atoms with E-state index in [1.165, 1.54) is 0 Å². The fourth-order valence-corrected chi connectivity index (χ4v) is 5.42. The van der Waals surface area contributed by atoms with Crippen molar-refractivity contribution in [1.29, 1.82) is 0 Å². The first-order valence-electron chi connectivity index (χ1n) is 14.4. The van der Waals surface area contributed by atoms with Crippen molar-refractivity contribution in [3.63, 3.8) is 0 Å². The van der Waals surface area contributed by atoms with Crippen LogP contribution in [-0.2, 0) is 14.4 Å². The molecule has 0 bridgehead atoms. The van der Waals surface area contributed by atoms with Crippen LogP contribution in [0.4, 0.5) is 0 Å². The summed E-state index contributed by atoms with van der Waals surface area (Å²) in [5.41, 5.74) is 0.0668. The molecule has 0 saturated carbocycles. The topological polar surface area (TPSA) is 132 Å². The lowest BCUT2D eigenvalue weighted by Gasteiger charge is -2.42. The molecular formula is C29H54O7. The highest BCUT2D eigenvalue weighted by Gasteiger charge is 2.36. The molecule has 0 heterocycles. The largest absolute Gasteiger partial charge is 0.481 e. The number of carboxylic acid groups (broad SMARTS) is 3. The second kappa shape index (κ2) is 21.5. The van der Waals surface area contributed by atoms with E-state index in [-0.39, 0.29) is 36.7 Å². The Morgan fingerprint density at radius 2 is 0.750 bits per heavy atom. The van der Waals surface area contributed by atoms with Crippen LogP contribution in [0.3, 0.4) is 0 Å². The van der Waals surface area contributed by atoms with Gasteiger partial charge in [-0.25, -0.2) is 0 Å². The molecule has 0 aliphatic rings. The molecule has 0 rings (SSSR count). The van der Waals surface area contributed by atoms with Gasteiger partial charge in [0.25, 0.3) is 0 Å². The molecule has 0 aromatic rings. The summed E-state index contributed by atoms with van der Waals surface area (Å²) in [7, 11) is 0. The zero-order chi connectivity index (χ0) is 27.2. The van der Waals surface area contributed by atoms with E-state index in [0.29, 0.717) is 0 Å². The van der Waals surface area contributed by atoms with E-state index in [4.69, 9.17) is 15.3 Å². The first-order valence-corrected chi connectivity index (χ1v) is 14.4. The third kappa shape index (κ3) is 18.6. The molecule has 4 N–H and O–H groups in total. The highest BCUT2D eigenvalue weighted by molar-refractivity contribution is 5.67. The third-order valence-electron chi connectivity index (χ3n) is 7.89. The SMILES string of the molecule is CC(O)C(C)C(CCCCCCCC(=O)O)(CCCCCCCC(=O)O)CCCCCCCC(=O)O. The molecule has 2 atom stereocenters. The van der Waals surface area contributed by atoms with Crippen LogP contribution in [0.15, 0.2) is 0 Å². The van der Waals surface area contributed by atoms with Crippen LogP contribution in [0.25, 0.3) is 0 Å². The van der Waals surface area contributed by atoms with E-state index in [9.17, 15) is 19.5 Å². The Balaban J connectivity index is 4.85. The average Bonchev–Trinajstić information content (AvgIpc) is 2.80. The lowest BCUT2D eigenvalue weighted by Crippen LogP contribution is -2.35. The van der Waals surface area contributed by atoms with Crippen molar-refractivity contribution in [2.45, 2.75) is 155 Å². The predicted molar refractivity (Wildman–Crippen MR) is 143 cm³/mol. The molecule has 7 nitrogen and oxygen atoms in total. The van der Waals surface area contributed by atoms with Crippen LogP contribution in [0.5, 0.6) is 0 Å². The molecule has 0 fully saturated rings. The fraction of sp³-hybridized carbons (Fsp3) is 0.897. The quantitative estimate of drug-likeness (QED) is 0.0882. The predicted octanol–water partition coefficient (Wildman–Crippen LogP) is 7.44. The van der Waals surface area contributed by atoms with Crippen LogP contribution in [-0.4, -0.2) is 44.4 Å². The number of aliphatic carboxylic acids is 3. The van der Waals surface area contributed by atoms with Crippen molar-refractivity contribution < 1.29 is 34.8 Å². The van der Waals surface area contributed by atoms with Crippen LogP contribution in [0.1, 0.15) is 149 Å². The summed E-state index contributed by atoms with van der Waals surface area (Å²) < 4.78 is 0. The Hall–Kier alpha value is -1.63. The van der Waals surface area contributed by atoms with Gasteiger partial charge >= 0.3 is 17.9 Å². The molecule has 36 heavy (non-hydrogen) atoms. The normalized spacial score (nSPS) is 13.4. The number of aliphatic hydroxyl groups is 1. The van der Waals surface area contributed by atoms with Gasteiger partial charge in [0.05, 0.1) is 6.10 Å². The summed E-state index contributed by atoms with van der Waals surface area (Å²) >= 11 is 0. The van der Waals surface area contributed by atoms with Gasteiger partial charge < -0.3 is 20.4 Å². The first-order chi connectivity index (χ1) is 17.1. The van der Waals surface area contributed by atoms with Crippen molar-refractivity contribution in [2.75, 3.05) is 0 Å². The maximum Gasteiger partial charge on any atom is 0.303 e. The van der Waals surface area contributed by atoms with Crippen LogP contribution >= 0.6 is 0 Å². The lowest BCUT2D eigenvalue weighted by molar-refractivity contribution is -0.138. The second-order valence-corrected chi connectivity index (χ2v) is 10.9. The zero-order valence-corrected chi connectivity index (χ0v) is 23.0. The molecular weight excluding hydrogens is 460 g/mol. The number of carboxylic acids is 3. The minimum atomic E-state index is -0.731. The molecule has 7 heteroatoms. The minimum absolute atomic E-state index is 0.0668. The van der Waals surface area contributed by atoms with Gasteiger partial charge in [0.15, 0.2) is 0 Å². The summed E-state index contributed by atoms with van der Waals surface area (Å²) in [4.78, 5) is 32.1. The van der Waals surface area contributed by atoms with Gasteiger partial charge in [-0.3, -0.25) is 14.4 Å². The Bertz CT molecular complexity index is 519. The smallest absolute Gasteiger partial charge is 0.303 e. The average molecular weight is 515 g/mol. The number of rotatable bonds is 26. The Morgan fingerprint density at radius 3 is 1.00 bits per heavy atom. The van der Waals surface area contributed by atoms with Gasteiger partial charge in [-0.2, -0.15) is 0 Å². The van der Waals surface area contributed by atoms with Crippen molar-refractivity contribution in [3.8, 4) is 0 Å². The molecule has 0 aliphatic carbocycles. The summed E-state index contributed by atoms with van der Waals surface area (Å²) in [6, 6.07) is 0. The number of unbranched alkanes of at least 4 members (excludes halogenated alkanes) is 12. The zero-order valence-electron chi connectivity index (χ0n) is 23.0. The molecule has 0 aromatic carbocycles. The van der Waals surface area contributed by atoms with Crippen LogP contribution in [0, 0.1) is 11.3 Å². The van der Waals surface area contributed by atoms with Crippen LogP contribution < -0.4 is 0 Å². The van der Waals surface area contributed by atoms with Crippen LogP contribution in [0.2, 0.25) is 0 Å². The highest BCUT2D eigenvalue weighted by atomic mass is 16.4. The maximum atomic E-state index is 10.7. The van der Waals surface area contributed by atoms with E-state index in [2.05, 4.69) is 6.92 Å². The Morgan fingerprint density at radius 1 is 0.500 bits per heavy atom. The molecule has 0 spiro atoms. The molecule has 2 unspecified atom stereocenters. The molecule has 0 amide bonds. The van der Waals surface area contributed by atoms with Crippen molar-refractivity contribution in [3.05, 3.63) is 0 Å². The fourth-order valence-electron chi connectivity index (χ4n) is 5.42. The number of hydrogen-bond donors (Lipinski definition) is 4.